The normalized spacial score (nSPS) is 16.6. The van der Waals surface area contributed by atoms with E-state index in [2.05, 4.69) is 11.8 Å². The number of rotatable bonds is 4. The van der Waals surface area contributed by atoms with E-state index in [1.165, 1.54) is 18.9 Å². The Morgan fingerprint density at radius 2 is 2.05 bits per heavy atom. The van der Waals surface area contributed by atoms with Crippen LogP contribution in [0.5, 0.6) is 0 Å². The molecule has 1 heterocycles. The van der Waals surface area contributed by atoms with Crippen LogP contribution in [-0.4, -0.2) is 18.0 Å². The van der Waals surface area contributed by atoms with E-state index >= 15 is 0 Å². The molecule has 2 N–H and O–H groups in total. The topological polar surface area (TPSA) is 72.4 Å². The van der Waals surface area contributed by atoms with E-state index in [4.69, 9.17) is 5.73 Å². The molecule has 0 saturated carbocycles. The summed E-state index contributed by atoms with van der Waals surface area (Å²) in [7, 11) is 0. The predicted octanol–water partition coefficient (Wildman–Crippen LogP) is 3.19. The van der Waals surface area contributed by atoms with Crippen LogP contribution in [0.2, 0.25) is 0 Å². The molecule has 0 unspecified atom stereocenters. The summed E-state index contributed by atoms with van der Waals surface area (Å²) >= 11 is 0. The Morgan fingerprint density at radius 1 is 1.37 bits per heavy atom. The quantitative estimate of drug-likeness (QED) is 0.514. The second-order valence-electron chi connectivity index (χ2n) is 5.26. The Balaban J connectivity index is 2.09. The first kappa shape index (κ1) is 13.6. The lowest BCUT2D eigenvalue weighted by atomic mass is 9.92. The summed E-state index contributed by atoms with van der Waals surface area (Å²) in [6.07, 6.45) is 4.84. The van der Waals surface area contributed by atoms with Gasteiger partial charge in [-0.15, -0.1) is 0 Å². The van der Waals surface area contributed by atoms with Crippen LogP contribution in [0.1, 0.15) is 32.6 Å². The molecule has 0 atom stereocenters. The van der Waals surface area contributed by atoms with Gasteiger partial charge in [0.2, 0.25) is 0 Å². The zero-order valence-electron chi connectivity index (χ0n) is 11.3. The van der Waals surface area contributed by atoms with Crippen molar-refractivity contribution >= 4 is 17.1 Å². The number of benzene rings is 1. The van der Waals surface area contributed by atoms with E-state index in [1.54, 1.807) is 6.07 Å². The zero-order valence-corrected chi connectivity index (χ0v) is 11.3. The highest BCUT2D eigenvalue weighted by Crippen LogP contribution is 2.30. The molecule has 1 fully saturated rings. The standard InChI is InChI=1S/C14H21N3O2/c1-2-3-11-4-6-16(7-5-11)13-8-12(15)9-14(10-13)17(18)19/h8-11H,2-7,15H2,1H3. The van der Waals surface area contributed by atoms with Crippen molar-refractivity contribution in [3.05, 3.63) is 28.3 Å². The molecule has 2 rings (SSSR count). The SMILES string of the molecule is CCCC1CCN(c2cc(N)cc([N+](=O)[O-])c2)CC1. The zero-order chi connectivity index (χ0) is 13.8. The molecule has 0 aromatic heterocycles. The molecule has 0 bridgehead atoms. The van der Waals surface area contributed by atoms with Gasteiger partial charge in [0.15, 0.2) is 0 Å². The molecular formula is C14H21N3O2. The van der Waals surface area contributed by atoms with Gasteiger partial charge in [-0.1, -0.05) is 19.8 Å². The number of anilines is 2. The highest BCUT2D eigenvalue weighted by molar-refractivity contribution is 5.62. The number of nitro groups is 1. The van der Waals surface area contributed by atoms with Gasteiger partial charge in [0.25, 0.3) is 5.69 Å². The maximum absolute atomic E-state index is 10.9. The Bertz CT molecular complexity index is 454. The minimum atomic E-state index is -0.385. The Morgan fingerprint density at radius 3 is 2.63 bits per heavy atom. The number of nitro benzene ring substituents is 1. The highest BCUT2D eigenvalue weighted by atomic mass is 16.6. The third kappa shape index (κ3) is 3.36. The van der Waals surface area contributed by atoms with Crippen molar-refractivity contribution in [2.24, 2.45) is 5.92 Å². The first-order chi connectivity index (χ1) is 9.10. The molecular weight excluding hydrogens is 242 g/mol. The van der Waals surface area contributed by atoms with E-state index < -0.39 is 0 Å². The fourth-order valence-electron chi connectivity index (χ4n) is 2.79. The van der Waals surface area contributed by atoms with Crippen molar-refractivity contribution in [1.82, 2.24) is 0 Å². The molecule has 0 aliphatic carbocycles. The summed E-state index contributed by atoms with van der Waals surface area (Å²) in [6, 6.07) is 4.86. The summed E-state index contributed by atoms with van der Waals surface area (Å²) in [4.78, 5) is 12.7. The average Bonchev–Trinajstić information content (AvgIpc) is 2.39. The maximum Gasteiger partial charge on any atom is 0.273 e. The summed E-state index contributed by atoms with van der Waals surface area (Å²) in [5.74, 6) is 0.803. The molecule has 5 heteroatoms. The van der Waals surface area contributed by atoms with Crippen molar-refractivity contribution in [3.8, 4) is 0 Å². The van der Waals surface area contributed by atoms with Crippen molar-refractivity contribution in [1.29, 1.82) is 0 Å². The molecule has 19 heavy (non-hydrogen) atoms. The maximum atomic E-state index is 10.9. The van der Waals surface area contributed by atoms with E-state index in [9.17, 15) is 10.1 Å². The van der Waals surface area contributed by atoms with E-state index in [0.29, 0.717) is 5.69 Å². The molecule has 0 spiro atoms. The number of piperidine rings is 1. The molecule has 1 aliphatic rings. The summed E-state index contributed by atoms with van der Waals surface area (Å²) in [5, 5.41) is 10.9. The lowest BCUT2D eigenvalue weighted by Gasteiger charge is -2.33. The molecule has 1 saturated heterocycles. The first-order valence-electron chi connectivity index (χ1n) is 6.90. The van der Waals surface area contributed by atoms with Crippen LogP contribution < -0.4 is 10.6 Å². The Labute approximate surface area is 113 Å². The van der Waals surface area contributed by atoms with Gasteiger partial charge < -0.3 is 10.6 Å². The summed E-state index contributed by atoms with van der Waals surface area (Å²) < 4.78 is 0. The Kier molecular flexibility index (Phi) is 4.24. The largest absolute Gasteiger partial charge is 0.398 e. The lowest BCUT2D eigenvalue weighted by Crippen LogP contribution is -2.33. The third-order valence-corrected chi connectivity index (χ3v) is 3.81. The van der Waals surface area contributed by atoms with Crippen molar-refractivity contribution in [2.45, 2.75) is 32.6 Å². The van der Waals surface area contributed by atoms with Gasteiger partial charge in [-0.25, -0.2) is 0 Å². The Hall–Kier alpha value is -1.78. The van der Waals surface area contributed by atoms with Crippen molar-refractivity contribution in [2.75, 3.05) is 23.7 Å². The van der Waals surface area contributed by atoms with Crippen LogP contribution in [-0.2, 0) is 0 Å². The fourth-order valence-corrected chi connectivity index (χ4v) is 2.79. The van der Waals surface area contributed by atoms with Crippen LogP contribution in [0.4, 0.5) is 17.1 Å². The van der Waals surface area contributed by atoms with E-state index in [1.807, 2.05) is 6.07 Å². The van der Waals surface area contributed by atoms with Crippen molar-refractivity contribution in [3.63, 3.8) is 0 Å². The molecule has 1 aromatic rings. The lowest BCUT2D eigenvalue weighted by molar-refractivity contribution is -0.384. The van der Waals surface area contributed by atoms with Crippen LogP contribution >= 0.6 is 0 Å². The van der Waals surface area contributed by atoms with Crippen LogP contribution in [0, 0.1) is 16.0 Å². The second kappa shape index (κ2) is 5.91. The highest BCUT2D eigenvalue weighted by Gasteiger charge is 2.20. The molecule has 1 aromatic carbocycles. The first-order valence-corrected chi connectivity index (χ1v) is 6.90. The molecule has 0 amide bonds. The van der Waals surface area contributed by atoms with Gasteiger partial charge >= 0.3 is 0 Å². The van der Waals surface area contributed by atoms with E-state index in [0.717, 1.165) is 37.5 Å². The number of non-ortho nitro benzene ring substituents is 1. The predicted molar refractivity (Wildman–Crippen MR) is 77.4 cm³/mol. The van der Waals surface area contributed by atoms with Gasteiger partial charge in [-0.05, 0) is 24.8 Å². The van der Waals surface area contributed by atoms with Crippen LogP contribution in [0.3, 0.4) is 0 Å². The second-order valence-corrected chi connectivity index (χ2v) is 5.26. The average molecular weight is 263 g/mol. The molecule has 0 radical (unpaired) electrons. The number of nitrogens with zero attached hydrogens (tertiary/aromatic N) is 2. The van der Waals surface area contributed by atoms with Crippen LogP contribution in [0.15, 0.2) is 18.2 Å². The van der Waals surface area contributed by atoms with Crippen molar-refractivity contribution < 1.29 is 4.92 Å². The number of nitrogen functional groups attached to an aromatic ring is 1. The summed E-state index contributed by atoms with van der Waals surface area (Å²) in [6.45, 7) is 4.14. The van der Waals surface area contributed by atoms with E-state index in [-0.39, 0.29) is 10.6 Å². The summed E-state index contributed by atoms with van der Waals surface area (Å²) in [5.41, 5.74) is 7.16. The van der Waals surface area contributed by atoms with Gasteiger partial charge in [0.05, 0.1) is 4.92 Å². The smallest absolute Gasteiger partial charge is 0.273 e. The van der Waals surface area contributed by atoms with Gasteiger partial charge in [0, 0.05) is 36.6 Å². The van der Waals surface area contributed by atoms with Gasteiger partial charge in [-0.3, -0.25) is 10.1 Å². The van der Waals surface area contributed by atoms with Gasteiger partial charge in [0.1, 0.15) is 0 Å². The minimum Gasteiger partial charge on any atom is -0.398 e. The fraction of sp³-hybridized carbons (Fsp3) is 0.571. The van der Waals surface area contributed by atoms with Gasteiger partial charge in [-0.2, -0.15) is 0 Å². The molecule has 1 aliphatic heterocycles. The molecule has 5 nitrogen and oxygen atoms in total. The minimum absolute atomic E-state index is 0.0747. The third-order valence-electron chi connectivity index (χ3n) is 3.81. The monoisotopic (exact) mass is 263 g/mol. The number of hydrogen-bond acceptors (Lipinski definition) is 4. The molecule has 104 valence electrons. The van der Waals surface area contributed by atoms with Crippen LogP contribution in [0.25, 0.3) is 0 Å². The number of hydrogen-bond donors (Lipinski definition) is 1. The number of nitrogens with two attached hydrogens (primary N) is 1.